The third-order valence-electron chi connectivity index (χ3n) is 1.73. The van der Waals surface area contributed by atoms with Gasteiger partial charge in [0, 0.05) is 0 Å². The molecule has 0 atom stereocenters. The molecule has 0 saturated heterocycles. The van der Waals surface area contributed by atoms with Crippen LogP contribution in [-0.4, -0.2) is 28.4 Å². The number of nitrogens with two attached hydrogens (primary N) is 1. The monoisotopic (exact) mass is 321 g/mol. The molecule has 7 nitrogen and oxygen atoms in total. The van der Waals surface area contributed by atoms with Gasteiger partial charge >= 0.3 is 22.4 Å². The van der Waals surface area contributed by atoms with Crippen LogP contribution >= 0.6 is 0 Å². The van der Waals surface area contributed by atoms with Crippen LogP contribution in [0.2, 0.25) is 0 Å². The number of H-pyrrole nitrogens is 1. The predicted molar refractivity (Wildman–Crippen MR) is 48.1 cm³/mol. The molecular formula is C6H6AgN4O3S+. The molecule has 0 fully saturated rings. The first-order valence-electron chi connectivity index (χ1n) is 3.56. The van der Waals surface area contributed by atoms with E-state index in [1.54, 1.807) is 0 Å². The molecule has 0 unspecified atom stereocenters. The van der Waals surface area contributed by atoms with Gasteiger partial charge < -0.3 is 5.73 Å². The van der Waals surface area contributed by atoms with Gasteiger partial charge in [-0.1, -0.05) is 0 Å². The minimum absolute atomic E-state index is 0. The van der Waals surface area contributed by atoms with E-state index in [9.17, 15) is 8.42 Å². The van der Waals surface area contributed by atoms with Crippen molar-refractivity contribution >= 4 is 26.8 Å². The molecular weight excluding hydrogens is 316 g/mol. The van der Waals surface area contributed by atoms with Gasteiger partial charge in [0.05, 0.1) is 5.69 Å². The van der Waals surface area contributed by atoms with Crippen LogP contribution in [0.5, 0.6) is 0 Å². The van der Waals surface area contributed by atoms with E-state index in [4.69, 9.17) is 10.3 Å². The molecule has 4 N–H and O–H groups in total. The second-order valence-electron chi connectivity index (χ2n) is 2.65. The number of hydrogen-bond donors (Lipinski definition) is 3. The van der Waals surface area contributed by atoms with Crippen molar-refractivity contribution in [1.29, 1.82) is 0 Å². The molecule has 0 aliphatic rings. The smallest absolute Gasteiger partial charge is 0.398 e. The van der Waals surface area contributed by atoms with Crippen LogP contribution in [0.15, 0.2) is 17.0 Å². The summed E-state index contributed by atoms with van der Waals surface area (Å²) in [4.78, 5) is -0.413. The van der Waals surface area contributed by atoms with Gasteiger partial charge in [-0.15, -0.1) is 0 Å². The van der Waals surface area contributed by atoms with Crippen LogP contribution in [0, 0.1) is 0 Å². The number of nitrogens with one attached hydrogen (secondary N) is 1. The van der Waals surface area contributed by atoms with E-state index in [1.165, 1.54) is 12.1 Å². The average molecular weight is 322 g/mol. The maximum atomic E-state index is 11.0. The number of anilines is 1. The van der Waals surface area contributed by atoms with Crippen LogP contribution in [0.25, 0.3) is 11.0 Å². The molecule has 0 saturated carbocycles. The minimum Gasteiger partial charge on any atom is -0.398 e. The summed E-state index contributed by atoms with van der Waals surface area (Å²) < 4.78 is 30.8. The van der Waals surface area contributed by atoms with Gasteiger partial charge in [0.1, 0.15) is 15.9 Å². The van der Waals surface area contributed by atoms with Crippen molar-refractivity contribution in [2.75, 3.05) is 5.73 Å². The van der Waals surface area contributed by atoms with Gasteiger partial charge in [0.25, 0.3) is 10.1 Å². The number of benzene rings is 1. The number of nitrogen functional groups attached to an aromatic ring is 1. The second-order valence-corrected chi connectivity index (χ2v) is 4.01. The first-order valence-corrected chi connectivity index (χ1v) is 5.00. The van der Waals surface area contributed by atoms with Gasteiger partial charge in [-0.05, 0) is 12.1 Å². The van der Waals surface area contributed by atoms with E-state index < -0.39 is 15.0 Å². The Kier molecular flexibility index (Phi) is 3.16. The van der Waals surface area contributed by atoms with Crippen molar-refractivity contribution in [1.82, 2.24) is 15.4 Å². The summed E-state index contributed by atoms with van der Waals surface area (Å²) in [7, 11) is -4.38. The van der Waals surface area contributed by atoms with Crippen molar-refractivity contribution in [3.8, 4) is 0 Å². The zero-order valence-corrected chi connectivity index (χ0v) is 9.40. The van der Waals surface area contributed by atoms with Crippen LogP contribution in [-0.2, 0) is 32.5 Å². The Morgan fingerprint density at radius 1 is 1.33 bits per heavy atom. The van der Waals surface area contributed by atoms with Crippen LogP contribution in [0.4, 0.5) is 5.69 Å². The Bertz CT molecular complexity index is 593. The van der Waals surface area contributed by atoms with Gasteiger partial charge in [0.2, 0.25) is 0 Å². The maximum Gasteiger partial charge on any atom is 1.00 e. The normalized spacial score (nSPS) is 11.3. The molecule has 0 radical (unpaired) electrons. The van der Waals surface area contributed by atoms with E-state index in [-0.39, 0.29) is 33.6 Å². The van der Waals surface area contributed by atoms with Crippen LogP contribution < -0.4 is 5.73 Å². The largest absolute Gasteiger partial charge is 1.00 e. The summed E-state index contributed by atoms with van der Waals surface area (Å²) in [5, 5.41) is 9.50. The summed E-state index contributed by atoms with van der Waals surface area (Å²) in [5.41, 5.74) is 5.71. The van der Waals surface area contributed by atoms with Gasteiger partial charge in [0.15, 0.2) is 0 Å². The molecule has 1 aromatic carbocycles. The fraction of sp³-hybridized carbons (Fsp3) is 0. The Morgan fingerprint density at radius 2 is 2.00 bits per heavy atom. The molecule has 2 rings (SSSR count). The number of hydrogen-bond acceptors (Lipinski definition) is 5. The molecule has 1 heterocycles. The first-order chi connectivity index (χ1) is 6.50. The summed E-state index contributed by atoms with van der Waals surface area (Å²) in [6.45, 7) is 0. The molecule has 0 aliphatic heterocycles. The van der Waals surface area contributed by atoms with Crippen LogP contribution in [0.1, 0.15) is 0 Å². The van der Waals surface area contributed by atoms with E-state index in [2.05, 4.69) is 15.4 Å². The Labute approximate surface area is 100 Å². The number of rotatable bonds is 1. The molecule has 2 aromatic rings. The zero-order chi connectivity index (χ0) is 10.3. The maximum absolute atomic E-state index is 11.0. The quantitative estimate of drug-likeness (QED) is 0.379. The standard InChI is InChI=1S/C6H6N4O3S.Ag/c7-3-1-2-4-5(9-10-8-4)6(3)14(11,12)13;/h1-2H,7H2,(H,8,9,10)(H,11,12,13);/q;+1. The van der Waals surface area contributed by atoms with Gasteiger partial charge in [-0.3, -0.25) is 4.55 Å². The number of aromatic nitrogens is 3. The van der Waals surface area contributed by atoms with Gasteiger partial charge in [-0.25, -0.2) is 0 Å². The number of nitrogens with zero attached hydrogens (tertiary/aromatic N) is 2. The predicted octanol–water partition coefficient (Wildman–Crippen LogP) is -0.216. The van der Waals surface area contributed by atoms with E-state index >= 15 is 0 Å². The fourth-order valence-electron chi connectivity index (χ4n) is 1.17. The number of aromatic amines is 1. The Morgan fingerprint density at radius 3 is 2.60 bits per heavy atom. The third kappa shape index (κ3) is 2.03. The van der Waals surface area contributed by atoms with Crippen molar-refractivity contribution in [3.05, 3.63) is 12.1 Å². The Balaban J connectivity index is 0.00000112. The Hall–Kier alpha value is -0.930. The summed E-state index contributed by atoms with van der Waals surface area (Å²) >= 11 is 0. The topological polar surface area (TPSA) is 122 Å². The van der Waals surface area contributed by atoms with Crippen molar-refractivity contribution in [3.63, 3.8) is 0 Å². The average Bonchev–Trinajstić information content (AvgIpc) is 2.48. The first kappa shape index (κ1) is 12.1. The van der Waals surface area contributed by atoms with Crippen molar-refractivity contribution in [2.24, 2.45) is 0 Å². The van der Waals surface area contributed by atoms with Crippen molar-refractivity contribution in [2.45, 2.75) is 4.90 Å². The fourth-order valence-corrected chi connectivity index (χ4v) is 1.94. The molecule has 0 aliphatic carbocycles. The zero-order valence-electron chi connectivity index (χ0n) is 7.10. The van der Waals surface area contributed by atoms with E-state index in [0.29, 0.717) is 5.52 Å². The second kappa shape index (κ2) is 3.91. The summed E-state index contributed by atoms with van der Waals surface area (Å²) in [6, 6.07) is 2.84. The SMILES string of the molecule is Nc1ccc2n[nH]nc2c1S(=O)(=O)O.[Ag+]. The molecule has 84 valence electrons. The molecule has 1 aromatic heterocycles. The third-order valence-corrected chi connectivity index (χ3v) is 2.68. The summed E-state index contributed by atoms with van der Waals surface area (Å²) in [6.07, 6.45) is 0. The van der Waals surface area contributed by atoms with Crippen molar-refractivity contribution < 1.29 is 35.4 Å². The van der Waals surface area contributed by atoms with E-state index in [0.717, 1.165) is 0 Å². The van der Waals surface area contributed by atoms with E-state index in [1.807, 2.05) is 0 Å². The molecule has 9 heteroatoms. The minimum atomic E-state index is -4.38. The van der Waals surface area contributed by atoms with Gasteiger partial charge in [-0.2, -0.15) is 23.8 Å². The molecule has 0 spiro atoms. The van der Waals surface area contributed by atoms with Crippen LogP contribution in [0.3, 0.4) is 0 Å². The molecule has 0 bridgehead atoms. The summed E-state index contributed by atoms with van der Waals surface area (Å²) in [5.74, 6) is 0. The molecule has 0 amide bonds. The number of fused-ring (bicyclic) bond motifs is 1. The molecule has 15 heavy (non-hydrogen) atoms.